The number of sulfonamides is 1. The Balaban J connectivity index is 1.94. The summed E-state index contributed by atoms with van der Waals surface area (Å²) in [6, 6.07) is 12.9. The summed E-state index contributed by atoms with van der Waals surface area (Å²) in [5.74, 6) is -2.85. The van der Waals surface area contributed by atoms with E-state index >= 15 is 0 Å². The third kappa shape index (κ3) is 6.51. The highest BCUT2D eigenvalue weighted by atomic mass is 32.2. The number of carboxylic acid groups (broad SMARTS) is 2. The average Bonchev–Trinajstić information content (AvgIpc) is 2.77. The van der Waals surface area contributed by atoms with Gasteiger partial charge in [0.2, 0.25) is 0 Å². The van der Waals surface area contributed by atoms with Gasteiger partial charge in [-0.25, -0.2) is 13.2 Å². The zero-order valence-corrected chi connectivity index (χ0v) is 18.6. The zero-order chi connectivity index (χ0) is 25.8. The lowest BCUT2D eigenvalue weighted by atomic mass is 10.1. The number of hydrogen-bond donors (Lipinski definition) is 3. The van der Waals surface area contributed by atoms with Gasteiger partial charge in [0, 0.05) is 0 Å². The second-order valence-corrected chi connectivity index (χ2v) is 8.93. The molecule has 0 spiro atoms. The van der Waals surface area contributed by atoms with Crippen LogP contribution in [0.4, 0.5) is 18.9 Å². The number of ether oxygens (including phenoxy) is 1. The minimum atomic E-state index is -4.73. The van der Waals surface area contributed by atoms with Crippen LogP contribution >= 0.6 is 0 Å². The molecule has 0 unspecified atom stereocenters. The maximum atomic E-state index is 13.3. The minimum absolute atomic E-state index is 0.00120. The molecular formula is C23H18F3NO7S. The molecule has 0 heterocycles. The number of carboxylic acids is 2. The van der Waals surface area contributed by atoms with E-state index in [1.54, 1.807) is 0 Å². The van der Waals surface area contributed by atoms with Crippen LogP contribution in [0.1, 0.15) is 27.0 Å². The molecule has 0 fully saturated rings. The van der Waals surface area contributed by atoms with E-state index in [0.29, 0.717) is 17.7 Å². The molecule has 184 valence electrons. The van der Waals surface area contributed by atoms with E-state index < -0.39 is 45.9 Å². The maximum absolute atomic E-state index is 13.3. The molecule has 3 N–H and O–H groups in total. The molecule has 0 aliphatic rings. The number of halogens is 3. The van der Waals surface area contributed by atoms with Gasteiger partial charge in [-0.1, -0.05) is 30.3 Å². The van der Waals surface area contributed by atoms with Gasteiger partial charge in [-0.15, -0.1) is 0 Å². The van der Waals surface area contributed by atoms with Crippen LogP contribution in [0.3, 0.4) is 0 Å². The summed E-state index contributed by atoms with van der Waals surface area (Å²) in [5.41, 5.74) is -0.969. The second-order valence-electron chi connectivity index (χ2n) is 7.28. The molecule has 0 atom stereocenters. The van der Waals surface area contributed by atoms with E-state index in [1.807, 2.05) is 0 Å². The zero-order valence-electron chi connectivity index (χ0n) is 17.7. The van der Waals surface area contributed by atoms with E-state index in [1.165, 1.54) is 48.5 Å². The Morgan fingerprint density at radius 3 is 2.20 bits per heavy atom. The molecule has 3 aromatic carbocycles. The van der Waals surface area contributed by atoms with Crippen molar-refractivity contribution in [1.29, 1.82) is 0 Å². The highest BCUT2D eigenvalue weighted by Gasteiger charge is 2.32. The largest absolute Gasteiger partial charge is 0.487 e. The molecule has 0 bridgehead atoms. The predicted octanol–water partition coefficient (Wildman–Crippen LogP) is 4.41. The van der Waals surface area contributed by atoms with Crippen LogP contribution in [0.2, 0.25) is 0 Å². The van der Waals surface area contributed by atoms with Crippen LogP contribution in [0.25, 0.3) is 0 Å². The highest BCUT2D eigenvalue weighted by molar-refractivity contribution is 7.92. The summed E-state index contributed by atoms with van der Waals surface area (Å²) < 4.78 is 73.3. The van der Waals surface area contributed by atoms with Gasteiger partial charge in [0.15, 0.2) is 0 Å². The molecule has 0 saturated heterocycles. The number of carbonyl (C=O) groups is 2. The molecule has 35 heavy (non-hydrogen) atoms. The lowest BCUT2D eigenvalue weighted by Crippen LogP contribution is -2.17. The van der Waals surface area contributed by atoms with Crippen molar-refractivity contribution >= 4 is 27.6 Å². The van der Waals surface area contributed by atoms with Crippen molar-refractivity contribution < 1.29 is 46.1 Å². The van der Waals surface area contributed by atoms with Gasteiger partial charge in [0.25, 0.3) is 10.0 Å². The van der Waals surface area contributed by atoms with Gasteiger partial charge in [-0.2, -0.15) is 13.2 Å². The summed E-state index contributed by atoms with van der Waals surface area (Å²) in [4.78, 5) is 21.7. The van der Waals surface area contributed by atoms with Gasteiger partial charge in [-0.05, 0) is 47.5 Å². The van der Waals surface area contributed by atoms with Gasteiger partial charge >= 0.3 is 18.1 Å². The Bertz CT molecular complexity index is 1350. The van der Waals surface area contributed by atoms with Gasteiger partial charge in [0.05, 0.1) is 28.1 Å². The maximum Gasteiger partial charge on any atom is 0.416 e. The summed E-state index contributed by atoms with van der Waals surface area (Å²) in [6.45, 7) is -0.286. The molecule has 8 nitrogen and oxygen atoms in total. The van der Waals surface area contributed by atoms with Crippen LogP contribution in [0, 0.1) is 0 Å². The van der Waals surface area contributed by atoms with Gasteiger partial charge in [0.1, 0.15) is 12.4 Å². The van der Waals surface area contributed by atoms with Crippen molar-refractivity contribution in [3.8, 4) is 5.75 Å². The van der Waals surface area contributed by atoms with Crippen LogP contribution in [-0.2, 0) is 34.0 Å². The van der Waals surface area contributed by atoms with E-state index in [0.717, 1.165) is 6.07 Å². The van der Waals surface area contributed by atoms with Gasteiger partial charge < -0.3 is 14.9 Å². The first-order valence-corrected chi connectivity index (χ1v) is 11.3. The first kappa shape index (κ1) is 25.6. The summed E-state index contributed by atoms with van der Waals surface area (Å²) >= 11 is 0. The molecule has 0 saturated carbocycles. The van der Waals surface area contributed by atoms with Crippen molar-refractivity contribution in [2.24, 2.45) is 0 Å². The molecular weight excluding hydrogens is 491 g/mol. The lowest BCUT2D eigenvalue weighted by molar-refractivity contribution is -0.138. The van der Waals surface area contributed by atoms with Crippen LogP contribution in [0.15, 0.2) is 71.6 Å². The van der Waals surface area contributed by atoms with Crippen molar-refractivity contribution in [1.82, 2.24) is 0 Å². The summed E-state index contributed by atoms with van der Waals surface area (Å²) in [7, 11) is -4.40. The Kier molecular flexibility index (Phi) is 7.34. The number of benzene rings is 3. The van der Waals surface area contributed by atoms with Crippen molar-refractivity contribution in [3.63, 3.8) is 0 Å². The molecule has 0 radical (unpaired) electrons. The Morgan fingerprint density at radius 1 is 0.943 bits per heavy atom. The predicted molar refractivity (Wildman–Crippen MR) is 118 cm³/mol. The lowest BCUT2D eigenvalue weighted by Gasteiger charge is -2.17. The Hall–Kier alpha value is -4.06. The van der Waals surface area contributed by atoms with E-state index in [4.69, 9.17) is 14.9 Å². The SMILES string of the molecule is O=C(O)Cc1ccccc1S(=O)(=O)Nc1ccc(C(F)(F)F)cc1OCc1ccc(C(=O)O)cc1. The monoisotopic (exact) mass is 509 g/mol. The number of aliphatic carboxylic acids is 1. The number of hydrogen-bond acceptors (Lipinski definition) is 5. The fourth-order valence-electron chi connectivity index (χ4n) is 3.08. The first-order valence-electron chi connectivity index (χ1n) is 9.85. The Labute approximate surface area is 197 Å². The standard InChI is InChI=1S/C23H18F3NO7S/c24-23(25,26)17-9-10-18(19(12-17)34-13-14-5-7-15(8-6-14)22(30)31)27-35(32,33)20-4-2-1-3-16(20)11-21(28)29/h1-10,12,27H,11,13H2,(H,28,29)(H,30,31). The minimum Gasteiger partial charge on any atom is -0.487 e. The molecule has 3 aromatic rings. The molecule has 12 heteroatoms. The smallest absolute Gasteiger partial charge is 0.416 e. The molecule has 0 aliphatic heterocycles. The fraction of sp³-hybridized carbons (Fsp3) is 0.130. The molecule has 3 rings (SSSR count). The van der Waals surface area contributed by atoms with E-state index in [2.05, 4.69) is 4.72 Å². The third-order valence-corrected chi connectivity index (χ3v) is 6.22. The second kappa shape index (κ2) is 10.1. The first-order chi connectivity index (χ1) is 16.4. The van der Waals surface area contributed by atoms with Crippen molar-refractivity contribution in [2.75, 3.05) is 4.72 Å². The topological polar surface area (TPSA) is 130 Å². The van der Waals surface area contributed by atoms with E-state index in [9.17, 15) is 31.2 Å². The number of aromatic carboxylic acids is 1. The summed E-state index contributed by atoms with van der Waals surface area (Å²) in [5, 5.41) is 18.0. The Morgan fingerprint density at radius 2 is 1.60 bits per heavy atom. The normalized spacial score (nSPS) is 11.6. The number of anilines is 1. The van der Waals surface area contributed by atoms with E-state index in [-0.39, 0.29) is 28.3 Å². The van der Waals surface area contributed by atoms with Crippen LogP contribution < -0.4 is 9.46 Å². The number of alkyl halides is 3. The van der Waals surface area contributed by atoms with Crippen molar-refractivity contribution in [3.05, 3.63) is 89.0 Å². The number of rotatable bonds is 9. The van der Waals surface area contributed by atoms with Crippen LogP contribution in [-0.4, -0.2) is 30.6 Å². The quantitative estimate of drug-likeness (QED) is 0.390. The highest BCUT2D eigenvalue weighted by Crippen LogP contribution is 2.36. The summed E-state index contributed by atoms with van der Waals surface area (Å²) in [6.07, 6.45) is -5.31. The third-order valence-electron chi connectivity index (χ3n) is 4.75. The number of nitrogens with one attached hydrogen (secondary N) is 1. The molecule has 0 aliphatic carbocycles. The van der Waals surface area contributed by atoms with Crippen LogP contribution in [0.5, 0.6) is 5.75 Å². The van der Waals surface area contributed by atoms with Crippen molar-refractivity contribution in [2.45, 2.75) is 24.1 Å². The van der Waals surface area contributed by atoms with Gasteiger partial charge in [-0.3, -0.25) is 9.52 Å². The average molecular weight is 509 g/mol. The fourth-order valence-corrected chi connectivity index (χ4v) is 4.39. The molecule has 0 aromatic heterocycles. The molecule has 0 amide bonds.